The summed E-state index contributed by atoms with van der Waals surface area (Å²) >= 11 is 3.39. The smallest absolute Gasteiger partial charge is 0.0992 e. The number of nitriles is 1. The Labute approximate surface area is 98.6 Å². The largest absolute Gasteiger partial charge is 0.374 e. The summed E-state index contributed by atoms with van der Waals surface area (Å²) in [6.45, 7) is 1.58. The summed E-state index contributed by atoms with van der Waals surface area (Å²) in [5, 5.41) is 8.83. The van der Waals surface area contributed by atoms with E-state index in [4.69, 9.17) is 11.0 Å². The zero-order chi connectivity index (χ0) is 11.3. The average molecular weight is 268 g/mol. The lowest BCUT2D eigenvalue weighted by molar-refractivity contribution is 0.795. The van der Waals surface area contributed by atoms with E-state index < -0.39 is 0 Å². The van der Waals surface area contributed by atoms with E-state index >= 15 is 0 Å². The summed E-state index contributed by atoms with van der Waals surface area (Å²) in [5.41, 5.74) is 7.15. The van der Waals surface area contributed by atoms with Crippen LogP contribution in [-0.4, -0.2) is 20.1 Å². The third-order valence-corrected chi connectivity index (χ3v) is 2.61. The van der Waals surface area contributed by atoms with Crippen LogP contribution in [0.15, 0.2) is 22.7 Å². The van der Waals surface area contributed by atoms with E-state index in [1.165, 1.54) is 0 Å². The van der Waals surface area contributed by atoms with Crippen molar-refractivity contribution in [3.63, 3.8) is 0 Å². The third-order valence-electron chi connectivity index (χ3n) is 2.15. The highest BCUT2D eigenvalue weighted by molar-refractivity contribution is 9.10. The number of hydrogen-bond acceptors (Lipinski definition) is 3. The quantitative estimate of drug-likeness (QED) is 0.909. The van der Waals surface area contributed by atoms with Gasteiger partial charge >= 0.3 is 0 Å². The van der Waals surface area contributed by atoms with Crippen LogP contribution >= 0.6 is 15.9 Å². The lowest BCUT2D eigenvalue weighted by Crippen LogP contribution is -2.21. The Morgan fingerprint density at radius 1 is 1.47 bits per heavy atom. The summed E-state index contributed by atoms with van der Waals surface area (Å²) in [5.74, 6) is 0. The summed E-state index contributed by atoms with van der Waals surface area (Å²) in [7, 11) is 2.00. The lowest BCUT2D eigenvalue weighted by atomic mass is 10.2. The summed E-state index contributed by atoms with van der Waals surface area (Å²) in [6, 6.07) is 7.82. The summed E-state index contributed by atoms with van der Waals surface area (Å²) < 4.78 is 0.927. The second-order valence-corrected chi connectivity index (χ2v) is 4.29. The number of halogens is 1. The molecule has 0 radical (unpaired) electrons. The van der Waals surface area contributed by atoms with Gasteiger partial charge in [0, 0.05) is 23.8 Å². The zero-order valence-electron chi connectivity index (χ0n) is 8.70. The Bertz CT molecular complexity index is 371. The van der Waals surface area contributed by atoms with Crippen LogP contribution < -0.4 is 10.6 Å². The van der Waals surface area contributed by atoms with E-state index in [1.807, 2.05) is 19.2 Å². The number of benzene rings is 1. The van der Waals surface area contributed by atoms with Crippen LogP contribution in [0.25, 0.3) is 0 Å². The van der Waals surface area contributed by atoms with Crippen LogP contribution in [0.5, 0.6) is 0 Å². The minimum Gasteiger partial charge on any atom is -0.374 e. The molecule has 1 rings (SSSR count). The van der Waals surface area contributed by atoms with Crippen LogP contribution in [0.1, 0.15) is 12.0 Å². The van der Waals surface area contributed by atoms with E-state index in [9.17, 15) is 0 Å². The minimum absolute atomic E-state index is 0.666. The standard InChI is InChI=1S/C11H14BrN3/c1-15(4-2-3-13)11-6-9(8-14)5-10(12)7-11/h5-7H,2-4,13H2,1H3. The van der Waals surface area contributed by atoms with E-state index in [0.717, 1.165) is 23.1 Å². The highest BCUT2D eigenvalue weighted by Gasteiger charge is 2.03. The van der Waals surface area contributed by atoms with E-state index in [2.05, 4.69) is 26.9 Å². The molecule has 0 aliphatic carbocycles. The molecule has 0 spiro atoms. The normalized spacial score (nSPS) is 9.73. The molecule has 0 saturated heterocycles. The van der Waals surface area contributed by atoms with Gasteiger partial charge in [-0.2, -0.15) is 5.26 Å². The van der Waals surface area contributed by atoms with Gasteiger partial charge in [0.1, 0.15) is 0 Å². The maximum Gasteiger partial charge on any atom is 0.0992 e. The van der Waals surface area contributed by atoms with Crippen LogP contribution in [0, 0.1) is 11.3 Å². The molecule has 0 aliphatic heterocycles. The monoisotopic (exact) mass is 267 g/mol. The molecule has 3 nitrogen and oxygen atoms in total. The number of hydrogen-bond donors (Lipinski definition) is 1. The Morgan fingerprint density at radius 2 is 2.20 bits per heavy atom. The van der Waals surface area contributed by atoms with Gasteiger partial charge in [0.15, 0.2) is 0 Å². The Morgan fingerprint density at radius 3 is 2.80 bits per heavy atom. The molecule has 0 aliphatic rings. The molecule has 0 fully saturated rings. The lowest BCUT2D eigenvalue weighted by Gasteiger charge is -2.19. The highest BCUT2D eigenvalue weighted by Crippen LogP contribution is 2.21. The van der Waals surface area contributed by atoms with Crippen molar-refractivity contribution in [1.29, 1.82) is 5.26 Å². The van der Waals surface area contributed by atoms with Gasteiger partial charge in [-0.05, 0) is 31.2 Å². The van der Waals surface area contributed by atoms with E-state index in [1.54, 1.807) is 6.07 Å². The highest BCUT2D eigenvalue weighted by atomic mass is 79.9. The Kier molecular flexibility index (Phi) is 4.60. The predicted octanol–water partition coefficient (Wildman–Crippen LogP) is 2.11. The molecule has 1 aromatic rings. The molecule has 15 heavy (non-hydrogen) atoms. The van der Waals surface area contributed by atoms with Crippen molar-refractivity contribution in [3.8, 4) is 6.07 Å². The SMILES string of the molecule is CN(CCCN)c1cc(Br)cc(C#N)c1. The van der Waals surface area contributed by atoms with Gasteiger partial charge in [0.05, 0.1) is 11.6 Å². The molecule has 2 N–H and O–H groups in total. The van der Waals surface area contributed by atoms with Gasteiger partial charge in [-0.1, -0.05) is 15.9 Å². The molecule has 1 aromatic carbocycles. The fourth-order valence-electron chi connectivity index (χ4n) is 1.32. The fourth-order valence-corrected chi connectivity index (χ4v) is 1.80. The Balaban J connectivity index is 2.84. The first-order valence-corrected chi connectivity index (χ1v) is 5.58. The number of nitrogens with two attached hydrogens (primary N) is 1. The third kappa shape index (κ3) is 3.54. The first-order valence-electron chi connectivity index (χ1n) is 4.79. The van der Waals surface area contributed by atoms with Gasteiger partial charge in [0.2, 0.25) is 0 Å². The Hall–Kier alpha value is -1.05. The van der Waals surface area contributed by atoms with Crippen molar-refractivity contribution in [1.82, 2.24) is 0 Å². The van der Waals surface area contributed by atoms with E-state index in [0.29, 0.717) is 12.1 Å². The second-order valence-electron chi connectivity index (χ2n) is 3.37. The number of rotatable bonds is 4. The molecule has 0 atom stereocenters. The summed E-state index contributed by atoms with van der Waals surface area (Å²) in [4.78, 5) is 2.10. The maximum atomic E-state index is 8.83. The molecule has 0 saturated carbocycles. The van der Waals surface area contributed by atoms with Crippen LogP contribution in [-0.2, 0) is 0 Å². The summed E-state index contributed by atoms with van der Waals surface area (Å²) in [6.07, 6.45) is 0.949. The predicted molar refractivity (Wildman–Crippen MR) is 65.8 cm³/mol. The van der Waals surface area contributed by atoms with Gasteiger partial charge in [0.25, 0.3) is 0 Å². The molecule has 80 valence electrons. The van der Waals surface area contributed by atoms with Crippen molar-refractivity contribution < 1.29 is 0 Å². The molecule has 0 bridgehead atoms. The van der Waals surface area contributed by atoms with Crippen molar-refractivity contribution in [3.05, 3.63) is 28.2 Å². The first kappa shape index (κ1) is 12.0. The van der Waals surface area contributed by atoms with E-state index in [-0.39, 0.29) is 0 Å². The first-order chi connectivity index (χ1) is 7.17. The van der Waals surface area contributed by atoms with Gasteiger partial charge in [-0.15, -0.1) is 0 Å². The number of anilines is 1. The molecule has 0 unspecified atom stereocenters. The fraction of sp³-hybridized carbons (Fsp3) is 0.364. The maximum absolute atomic E-state index is 8.83. The molecule has 4 heteroatoms. The van der Waals surface area contributed by atoms with Crippen molar-refractivity contribution in [2.45, 2.75) is 6.42 Å². The molecule has 0 amide bonds. The molecular formula is C11H14BrN3. The van der Waals surface area contributed by atoms with Gasteiger partial charge < -0.3 is 10.6 Å². The van der Waals surface area contributed by atoms with Crippen molar-refractivity contribution in [2.24, 2.45) is 5.73 Å². The topological polar surface area (TPSA) is 53.0 Å². The van der Waals surface area contributed by atoms with Crippen LogP contribution in [0.2, 0.25) is 0 Å². The van der Waals surface area contributed by atoms with Crippen LogP contribution in [0.3, 0.4) is 0 Å². The van der Waals surface area contributed by atoms with Crippen LogP contribution in [0.4, 0.5) is 5.69 Å². The molecule has 0 aromatic heterocycles. The van der Waals surface area contributed by atoms with Crippen molar-refractivity contribution >= 4 is 21.6 Å². The van der Waals surface area contributed by atoms with Gasteiger partial charge in [-0.3, -0.25) is 0 Å². The molecule has 0 heterocycles. The zero-order valence-corrected chi connectivity index (χ0v) is 10.3. The van der Waals surface area contributed by atoms with Crippen molar-refractivity contribution in [2.75, 3.05) is 25.0 Å². The molecular weight excluding hydrogens is 254 g/mol. The average Bonchev–Trinajstić information content (AvgIpc) is 2.24. The van der Waals surface area contributed by atoms with Gasteiger partial charge in [-0.25, -0.2) is 0 Å². The minimum atomic E-state index is 0.666. The number of nitrogens with zero attached hydrogens (tertiary/aromatic N) is 2. The second kappa shape index (κ2) is 5.74.